The molecule has 2 aliphatic rings. The molecule has 1 unspecified atom stereocenters. The lowest BCUT2D eigenvalue weighted by Crippen LogP contribution is -2.63. The molecule has 5 rings (SSSR count). The molecule has 8 nitrogen and oxygen atoms in total. The van der Waals surface area contributed by atoms with Crippen LogP contribution in [-0.2, 0) is 10.4 Å². The number of pyridine rings is 1. The van der Waals surface area contributed by atoms with E-state index in [0.29, 0.717) is 36.3 Å². The second-order valence-corrected chi connectivity index (χ2v) is 11.4. The Morgan fingerprint density at radius 3 is 2.41 bits per heavy atom. The number of likely N-dealkylation sites (tertiary alicyclic amines) is 2. The van der Waals surface area contributed by atoms with Crippen LogP contribution in [0.25, 0.3) is 11.4 Å². The number of aromatic nitrogens is 3. The Morgan fingerprint density at radius 1 is 1.14 bits per heavy atom. The molecule has 4 heterocycles. The highest BCUT2D eigenvalue weighted by Crippen LogP contribution is 2.50. The first kappa shape index (κ1) is 25.5. The molecule has 2 aliphatic heterocycles. The minimum absolute atomic E-state index is 0.102. The highest BCUT2D eigenvalue weighted by Gasteiger charge is 2.55. The number of piperidine rings is 1. The smallest absolute Gasteiger partial charge is 0.230 e. The first-order chi connectivity index (χ1) is 17.6. The second-order valence-electron chi connectivity index (χ2n) is 11.4. The van der Waals surface area contributed by atoms with Gasteiger partial charge in [-0.1, -0.05) is 50.2 Å². The molecule has 37 heavy (non-hydrogen) atoms. The van der Waals surface area contributed by atoms with Gasteiger partial charge in [0.25, 0.3) is 0 Å². The van der Waals surface area contributed by atoms with Crippen molar-refractivity contribution in [3.8, 4) is 11.4 Å². The summed E-state index contributed by atoms with van der Waals surface area (Å²) in [6, 6.07) is 10.3. The van der Waals surface area contributed by atoms with Crippen LogP contribution in [0.1, 0.15) is 75.0 Å². The summed E-state index contributed by atoms with van der Waals surface area (Å²) >= 11 is 0. The summed E-state index contributed by atoms with van der Waals surface area (Å²) in [5.41, 5.74) is 1.92. The SMILES string of the molecule is CC(=O)N1CCC(c2nc(-c3cncc(C(O)(c4ccc(C(C)C)cc4)C4(C)CN(C)C4)c3)no2)CC1. The third-order valence-corrected chi connectivity index (χ3v) is 8.25. The molecule has 1 atom stereocenters. The maximum absolute atomic E-state index is 12.5. The Morgan fingerprint density at radius 2 is 1.81 bits per heavy atom. The maximum atomic E-state index is 12.5. The molecule has 0 bridgehead atoms. The standard InChI is InChI=1S/C29H37N5O3/c1-19(2)21-6-8-24(9-7-21)29(36,28(4)17-33(5)18-28)25-14-23(15-30-16-25)26-31-27(37-32-26)22-10-12-34(13-11-22)20(3)35/h6-9,14-16,19,22,36H,10-13,17-18H2,1-5H3. The van der Waals surface area contributed by atoms with Gasteiger partial charge in [0.1, 0.15) is 5.60 Å². The topological polar surface area (TPSA) is 95.6 Å². The van der Waals surface area contributed by atoms with Gasteiger partial charge in [0.2, 0.25) is 17.6 Å². The zero-order chi connectivity index (χ0) is 26.4. The van der Waals surface area contributed by atoms with Crippen molar-refractivity contribution in [2.24, 2.45) is 5.41 Å². The summed E-state index contributed by atoms with van der Waals surface area (Å²) < 4.78 is 5.65. The van der Waals surface area contributed by atoms with Crippen LogP contribution in [0, 0.1) is 5.41 Å². The number of aliphatic hydroxyl groups is 1. The number of benzene rings is 1. The van der Waals surface area contributed by atoms with Crippen molar-refractivity contribution in [2.45, 2.75) is 58.0 Å². The lowest BCUT2D eigenvalue weighted by molar-refractivity contribution is -0.129. The lowest BCUT2D eigenvalue weighted by atomic mass is 9.62. The van der Waals surface area contributed by atoms with Crippen LogP contribution >= 0.6 is 0 Å². The quantitative estimate of drug-likeness (QED) is 0.539. The van der Waals surface area contributed by atoms with Gasteiger partial charge < -0.3 is 19.4 Å². The number of hydrogen-bond donors (Lipinski definition) is 1. The van der Waals surface area contributed by atoms with E-state index >= 15 is 0 Å². The van der Waals surface area contributed by atoms with Gasteiger partial charge >= 0.3 is 0 Å². The van der Waals surface area contributed by atoms with Crippen LogP contribution in [0.3, 0.4) is 0 Å². The fourth-order valence-corrected chi connectivity index (χ4v) is 6.07. The van der Waals surface area contributed by atoms with Crippen molar-refractivity contribution in [3.05, 3.63) is 65.3 Å². The van der Waals surface area contributed by atoms with Crippen molar-refractivity contribution in [2.75, 3.05) is 33.2 Å². The van der Waals surface area contributed by atoms with Gasteiger partial charge in [-0.25, -0.2) is 0 Å². The van der Waals surface area contributed by atoms with E-state index in [1.165, 1.54) is 5.56 Å². The van der Waals surface area contributed by atoms with Crippen LogP contribution in [-0.4, -0.2) is 69.2 Å². The van der Waals surface area contributed by atoms with E-state index in [1.807, 2.05) is 23.1 Å². The Bertz CT molecular complexity index is 1260. The molecule has 0 saturated carbocycles. The number of hydrogen-bond acceptors (Lipinski definition) is 7. The van der Waals surface area contributed by atoms with Crippen molar-refractivity contribution < 1.29 is 14.4 Å². The van der Waals surface area contributed by atoms with Crippen molar-refractivity contribution in [3.63, 3.8) is 0 Å². The van der Waals surface area contributed by atoms with Gasteiger partial charge in [-0.3, -0.25) is 9.78 Å². The first-order valence-electron chi connectivity index (χ1n) is 13.2. The van der Waals surface area contributed by atoms with Gasteiger partial charge in [-0.15, -0.1) is 0 Å². The average Bonchev–Trinajstić information content (AvgIpc) is 3.38. The summed E-state index contributed by atoms with van der Waals surface area (Å²) in [6.07, 6.45) is 5.07. The van der Waals surface area contributed by atoms with Crippen molar-refractivity contribution in [1.82, 2.24) is 24.9 Å². The highest BCUT2D eigenvalue weighted by atomic mass is 16.5. The van der Waals surface area contributed by atoms with Crippen LogP contribution in [0.15, 0.2) is 47.2 Å². The molecule has 0 spiro atoms. The minimum Gasteiger partial charge on any atom is -0.380 e. The number of nitrogens with zero attached hydrogens (tertiary/aromatic N) is 5. The Hall–Kier alpha value is -3.10. The summed E-state index contributed by atoms with van der Waals surface area (Å²) in [4.78, 5) is 24.9. The van der Waals surface area contributed by atoms with Gasteiger partial charge in [0.15, 0.2) is 0 Å². The third kappa shape index (κ3) is 4.57. The van der Waals surface area contributed by atoms with E-state index in [2.05, 4.69) is 55.0 Å². The van der Waals surface area contributed by atoms with Gasteiger partial charge in [-0.2, -0.15) is 4.98 Å². The molecule has 8 heteroatoms. The van der Waals surface area contributed by atoms with Crippen molar-refractivity contribution >= 4 is 5.91 Å². The molecule has 0 radical (unpaired) electrons. The molecule has 0 aliphatic carbocycles. The highest BCUT2D eigenvalue weighted by molar-refractivity contribution is 5.73. The van der Waals surface area contributed by atoms with E-state index in [0.717, 1.165) is 37.1 Å². The molecule has 1 N–H and O–H groups in total. The number of rotatable bonds is 6. The van der Waals surface area contributed by atoms with E-state index < -0.39 is 5.60 Å². The Kier molecular flexibility index (Phi) is 6.66. The fourth-order valence-electron chi connectivity index (χ4n) is 6.07. The normalized spacial score (nSPS) is 20.0. The number of amides is 1. The van der Waals surface area contributed by atoms with Crippen LogP contribution in [0.2, 0.25) is 0 Å². The molecular weight excluding hydrogens is 466 g/mol. The van der Waals surface area contributed by atoms with Crippen LogP contribution in [0.4, 0.5) is 0 Å². The van der Waals surface area contributed by atoms with Crippen LogP contribution < -0.4 is 0 Å². The predicted octanol–water partition coefficient (Wildman–Crippen LogP) is 4.17. The van der Waals surface area contributed by atoms with E-state index in [1.54, 1.807) is 19.3 Å². The molecule has 1 amide bonds. The predicted molar refractivity (Wildman–Crippen MR) is 141 cm³/mol. The lowest BCUT2D eigenvalue weighted by Gasteiger charge is -2.55. The Labute approximate surface area is 218 Å². The van der Waals surface area contributed by atoms with Crippen molar-refractivity contribution in [1.29, 1.82) is 0 Å². The molecule has 3 aromatic rings. The van der Waals surface area contributed by atoms with Gasteiger partial charge in [0.05, 0.1) is 0 Å². The van der Waals surface area contributed by atoms with E-state index in [-0.39, 0.29) is 17.2 Å². The summed E-state index contributed by atoms with van der Waals surface area (Å²) in [6.45, 7) is 11.0. The summed E-state index contributed by atoms with van der Waals surface area (Å²) in [5, 5.41) is 16.7. The van der Waals surface area contributed by atoms with E-state index in [9.17, 15) is 9.90 Å². The third-order valence-electron chi connectivity index (χ3n) is 8.25. The zero-order valence-corrected chi connectivity index (χ0v) is 22.4. The molecule has 196 valence electrons. The second kappa shape index (κ2) is 9.65. The largest absolute Gasteiger partial charge is 0.380 e. The molecular formula is C29H37N5O3. The molecule has 1 aromatic carbocycles. The Balaban J connectivity index is 1.46. The monoisotopic (exact) mass is 503 g/mol. The molecule has 2 fully saturated rings. The zero-order valence-electron chi connectivity index (χ0n) is 22.4. The van der Waals surface area contributed by atoms with E-state index in [4.69, 9.17) is 9.51 Å². The average molecular weight is 504 g/mol. The molecule has 2 saturated heterocycles. The maximum Gasteiger partial charge on any atom is 0.230 e. The number of carbonyl (C=O) groups excluding carboxylic acids is 1. The summed E-state index contributed by atoms with van der Waals surface area (Å²) in [5.74, 6) is 1.71. The van der Waals surface area contributed by atoms with Gasteiger partial charge in [0, 0.05) is 68.0 Å². The summed E-state index contributed by atoms with van der Waals surface area (Å²) in [7, 11) is 2.07. The van der Waals surface area contributed by atoms with Crippen LogP contribution in [0.5, 0.6) is 0 Å². The minimum atomic E-state index is -1.23. The van der Waals surface area contributed by atoms with Gasteiger partial charge in [-0.05, 0) is 43.0 Å². The first-order valence-corrected chi connectivity index (χ1v) is 13.2. The number of carbonyl (C=O) groups is 1. The fraction of sp³-hybridized carbons (Fsp3) is 0.517. The molecule has 2 aromatic heterocycles.